The summed E-state index contributed by atoms with van der Waals surface area (Å²) >= 11 is 0. The predicted molar refractivity (Wildman–Crippen MR) is 95.7 cm³/mol. The van der Waals surface area contributed by atoms with E-state index >= 15 is 0 Å². The molecule has 136 valence electrons. The standard InChI is InChI=1S/C20H29N3O2/c1-21-11-5-8-17(21)18-7-2-3-13-23(18)20(25)16-6-4-12-22(14-16)19(24)15-9-10-15/h5,8,11,15-16,18H,2-4,6-7,9-10,12-14H2,1H3/t16-,18-/m1/s1. The van der Waals surface area contributed by atoms with Gasteiger partial charge in [-0.2, -0.15) is 0 Å². The maximum Gasteiger partial charge on any atom is 0.228 e. The fraction of sp³-hybridized carbons (Fsp3) is 0.700. The highest BCUT2D eigenvalue weighted by Crippen LogP contribution is 2.35. The molecule has 1 saturated carbocycles. The van der Waals surface area contributed by atoms with Crippen molar-refractivity contribution in [3.63, 3.8) is 0 Å². The largest absolute Gasteiger partial charge is 0.353 e. The van der Waals surface area contributed by atoms with Crippen LogP contribution in [0.4, 0.5) is 0 Å². The zero-order valence-corrected chi connectivity index (χ0v) is 15.2. The van der Waals surface area contributed by atoms with E-state index in [1.165, 1.54) is 12.1 Å². The highest BCUT2D eigenvalue weighted by molar-refractivity contribution is 5.83. The van der Waals surface area contributed by atoms with E-state index in [1.54, 1.807) is 0 Å². The van der Waals surface area contributed by atoms with E-state index in [4.69, 9.17) is 0 Å². The Morgan fingerprint density at radius 1 is 0.960 bits per heavy atom. The van der Waals surface area contributed by atoms with Crippen molar-refractivity contribution in [1.29, 1.82) is 0 Å². The van der Waals surface area contributed by atoms with Gasteiger partial charge in [-0.05, 0) is 57.1 Å². The molecule has 0 spiro atoms. The minimum Gasteiger partial charge on any atom is -0.353 e. The van der Waals surface area contributed by atoms with E-state index < -0.39 is 0 Å². The average molecular weight is 343 g/mol. The van der Waals surface area contributed by atoms with Gasteiger partial charge in [0.2, 0.25) is 11.8 Å². The summed E-state index contributed by atoms with van der Waals surface area (Å²) in [4.78, 5) is 29.8. The number of aryl methyl sites for hydroxylation is 1. The van der Waals surface area contributed by atoms with Gasteiger partial charge in [-0.3, -0.25) is 9.59 Å². The molecule has 0 N–H and O–H groups in total. The third-order valence-electron chi connectivity index (χ3n) is 6.12. The summed E-state index contributed by atoms with van der Waals surface area (Å²) in [6, 6.07) is 4.39. The third kappa shape index (κ3) is 3.33. The Morgan fingerprint density at radius 3 is 2.52 bits per heavy atom. The van der Waals surface area contributed by atoms with Gasteiger partial charge in [-0.1, -0.05) is 0 Å². The van der Waals surface area contributed by atoms with Crippen LogP contribution in [0.3, 0.4) is 0 Å². The molecule has 0 unspecified atom stereocenters. The van der Waals surface area contributed by atoms with Crippen LogP contribution in [-0.2, 0) is 16.6 Å². The summed E-state index contributed by atoms with van der Waals surface area (Å²) in [6.45, 7) is 2.31. The van der Waals surface area contributed by atoms with E-state index in [0.717, 1.165) is 51.6 Å². The van der Waals surface area contributed by atoms with Crippen molar-refractivity contribution in [2.45, 2.75) is 51.0 Å². The highest BCUT2D eigenvalue weighted by Gasteiger charge is 2.39. The van der Waals surface area contributed by atoms with Crippen molar-refractivity contribution in [3.05, 3.63) is 24.0 Å². The smallest absolute Gasteiger partial charge is 0.228 e. The molecule has 1 aliphatic carbocycles. The van der Waals surface area contributed by atoms with Gasteiger partial charge in [-0.15, -0.1) is 0 Å². The van der Waals surface area contributed by atoms with Crippen LogP contribution in [0.5, 0.6) is 0 Å². The van der Waals surface area contributed by atoms with Crippen LogP contribution in [0, 0.1) is 11.8 Å². The number of likely N-dealkylation sites (tertiary alicyclic amines) is 2. The molecular weight excluding hydrogens is 314 g/mol. The van der Waals surface area contributed by atoms with Crippen molar-refractivity contribution >= 4 is 11.8 Å². The first-order chi connectivity index (χ1) is 12.1. The maximum atomic E-state index is 13.3. The summed E-state index contributed by atoms with van der Waals surface area (Å²) in [5.74, 6) is 0.784. The molecule has 2 saturated heterocycles. The minimum atomic E-state index is -0.0164. The van der Waals surface area contributed by atoms with Crippen molar-refractivity contribution in [2.24, 2.45) is 18.9 Å². The lowest BCUT2D eigenvalue weighted by Crippen LogP contribution is -2.49. The van der Waals surface area contributed by atoms with Crippen LogP contribution in [0.1, 0.15) is 56.7 Å². The number of amides is 2. The van der Waals surface area contributed by atoms with Crippen LogP contribution in [0.2, 0.25) is 0 Å². The molecule has 5 nitrogen and oxygen atoms in total. The maximum absolute atomic E-state index is 13.3. The van der Waals surface area contributed by atoms with Gasteiger partial charge in [-0.25, -0.2) is 0 Å². The number of hydrogen-bond donors (Lipinski definition) is 0. The van der Waals surface area contributed by atoms with Crippen LogP contribution in [0.15, 0.2) is 18.3 Å². The minimum absolute atomic E-state index is 0.0164. The lowest BCUT2D eigenvalue weighted by molar-refractivity contribution is -0.144. The normalized spacial score (nSPS) is 27.4. The molecule has 2 aliphatic heterocycles. The number of carbonyl (C=O) groups is 2. The topological polar surface area (TPSA) is 45.6 Å². The molecule has 4 rings (SSSR count). The molecule has 1 aromatic rings. The summed E-state index contributed by atoms with van der Waals surface area (Å²) < 4.78 is 2.14. The first kappa shape index (κ1) is 16.7. The molecule has 0 radical (unpaired) electrons. The van der Waals surface area contributed by atoms with Gasteiger partial charge >= 0.3 is 0 Å². The van der Waals surface area contributed by atoms with Crippen molar-refractivity contribution in [2.75, 3.05) is 19.6 Å². The Kier molecular flexibility index (Phi) is 4.57. The van der Waals surface area contributed by atoms with E-state index in [2.05, 4.69) is 34.8 Å². The number of rotatable bonds is 3. The molecule has 5 heteroatoms. The zero-order valence-electron chi connectivity index (χ0n) is 15.2. The summed E-state index contributed by atoms with van der Waals surface area (Å²) in [6.07, 6.45) is 9.32. The fourth-order valence-electron chi connectivity index (χ4n) is 4.53. The first-order valence-electron chi connectivity index (χ1n) is 9.85. The zero-order chi connectivity index (χ0) is 17.4. The number of carbonyl (C=O) groups excluding carboxylic acids is 2. The van der Waals surface area contributed by atoms with E-state index in [0.29, 0.717) is 6.54 Å². The number of piperidine rings is 2. The Balaban J connectivity index is 1.48. The second kappa shape index (κ2) is 6.85. The van der Waals surface area contributed by atoms with Crippen molar-refractivity contribution < 1.29 is 9.59 Å². The fourth-order valence-corrected chi connectivity index (χ4v) is 4.53. The highest BCUT2D eigenvalue weighted by atomic mass is 16.2. The molecule has 3 aliphatic rings. The molecule has 2 amide bonds. The second-order valence-corrected chi connectivity index (χ2v) is 7.98. The third-order valence-corrected chi connectivity index (χ3v) is 6.12. The van der Waals surface area contributed by atoms with Gasteiger partial charge in [0.05, 0.1) is 12.0 Å². The van der Waals surface area contributed by atoms with Gasteiger partial charge in [0.25, 0.3) is 0 Å². The molecule has 0 bridgehead atoms. The Labute approximate surface area is 150 Å². The van der Waals surface area contributed by atoms with E-state index in [-0.39, 0.29) is 29.7 Å². The van der Waals surface area contributed by atoms with E-state index in [1.807, 2.05) is 4.90 Å². The summed E-state index contributed by atoms with van der Waals surface area (Å²) in [5.41, 5.74) is 1.23. The Bertz CT molecular complexity index is 649. The van der Waals surface area contributed by atoms with Gasteiger partial charge in [0.1, 0.15) is 0 Å². The van der Waals surface area contributed by atoms with Crippen LogP contribution in [0.25, 0.3) is 0 Å². The molecular formula is C20H29N3O2. The quantitative estimate of drug-likeness (QED) is 0.847. The number of aromatic nitrogens is 1. The van der Waals surface area contributed by atoms with Crippen molar-refractivity contribution in [3.8, 4) is 0 Å². The Hall–Kier alpha value is -1.78. The summed E-state index contributed by atoms with van der Waals surface area (Å²) in [7, 11) is 2.06. The lowest BCUT2D eigenvalue weighted by Gasteiger charge is -2.40. The van der Waals surface area contributed by atoms with Gasteiger partial charge < -0.3 is 14.4 Å². The van der Waals surface area contributed by atoms with Gasteiger partial charge in [0.15, 0.2) is 0 Å². The SMILES string of the molecule is Cn1cccc1[C@H]1CCCCN1C(=O)[C@@H]1CCCN(C(=O)C2CC2)C1. The molecule has 2 atom stereocenters. The first-order valence-corrected chi connectivity index (χ1v) is 9.85. The van der Waals surface area contributed by atoms with Crippen molar-refractivity contribution in [1.82, 2.24) is 14.4 Å². The summed E-state index contributed by atoms with van der Waals surface area (Å²) in [5, 5.41) is 0. The molecule has 3 fully saturated rings. The van der Waals surface area contributed by atoms with Gasteiger partial charge in [0, 0.05) is 44.5 Å². The number of nitrogens with zero attached hydrogens (tertiary/aromatic N) is 3. The van der Waals surface area contributed by atoms with Crippen LogP contribution in [-0.4, -0.2) is 45.8 Å². The number of hydrogen-bond acceptors (Lipinski definition) is 2. The molecule has 1 aromatic heterocycles. The van der Waals surface area contributed by atoms with Crippen LogP contribution >= 0.6 is 0 Å². The molecule has 3 heterocycles. The molecule has 0 aromatic carbocycles. The average Bonchev–Trinajstić information content (AvgIpc) is 3.42. The predicted octanol–water partition coefficient (Wildman–Crippen LogP) is 2.73. The van der Waals surface area contributed by atoms with Crippen LogP contribution < -0.4 is 0 Å². The monoisotopic (exact) mass is 343 g/mol. The lowest BCUT2D eigenvalue weighted by atomic mass is 9.92. The Morgan fingerprint density at radius 2 is 1.80 bits per heavy atom. The molecule has 25 heavy (non-hydrogen) atoms. The van der Waals surface area contributed by atoms with E-state index in [9.17, 15) is 9.59 Å². The second-order valence-electron chi connectivity index (χ2n) is 7.98.